The minimum absolute atomic E-state index is 0. The van der Waals surface area contributed by atoms with E-state index in [4.69, 9.17) is 0 Å². The van der Waals surface area contributed by atoms with E-state index in [1.807, 2.05) is 0 Å². The Kier molecular flexibility index (Phi) is 11.6. The first-order valence-electron chi connectivity index (χ1n) is 9.91. The van der Waals surface area contributed by atoms with Gasteiger partial charge in [-0.15, -0.1) is 0 Å². The maximum atomic E-state index is 2.64. The van der Waals surface area contributed by atoms with Crippen LogP contribution >= 0.6 is 0 Å². The van der Waals surface area contributed by atoms with E-state index < -0.39 is 8.07 Å². The molecule has 0 radical (unpaired) electrons. The first-order chi connectivity index (χ1) is 12.3. The normalized spacial score (nSPS) is 16.9. The molecule has 1 aliphatic carbocycles. The van der Waals surface area contributed by atoms with E-state index in [0.717, 1.165) is 0 Å². The topological polar surface area (TPSA) is 0 Å². The number of halogens is 3. The Hall–Kier alpha value is -0.0188. The second-order valence-electron chi connectivity index (χ2n) is 8.29. The number of rotatable bonds is 5. The number of allylic oxidation sites excluding steroid dienone is 1. The first kappa shape index (κ1) is 29.0. The average Bonchev–Trinajstić information content (AvgIpc) is 2.84. The summed E-state index contributed by atoms with van der Waals surface area (Å²) in [6, 6.07) is 15.3. The Balaban J connectivity index is 0.00000261. The van der Waals surface area contributed by atoms with Crippen LogP contribution in [0.5, 0.6) is 0 Å². The minimum atomic E-state index is -1.80. The summed E-state index contributed by atoms with van der Waals surface area (Å²) in [6.07, 6.45) is 2.60. The maximum absolute atomic E-state index is 2.64. The molecule has 0 N–H and O–H groups in total. The molecule has 0 saturated carbocycles. The zero-order chi connectivity index (χ0) is 19.1. The summed E-state index contributed by atoms with van der Waals surface area (Å²) >= 11 is 2.39. The molecule has 0 nitrogen and oxygen atoms in total. The molecule has 5 heteroatoms. The van der Waals surface area contributed by atoms with Gasteiger partial charge in [0, 0.05) is 0 Å². The van der Waals surface area contributed by atoms with Gasteiger partial charge in [0.25, 0.3) is 0 Å². The van der Waals surface area contributed by atoms with E-state index in [9.17, 15) is 0 Å². The summed E-state index contributed by atoms with van der Waals surface area (Å²) in [7, 11) is -1.80. The molecule has 0 aliphatic heterocycles. The molecule has 0 bridgehead atoms. The summed E-state index contributed by atoms with van der Waals surface area (Å²) < 4.78 is 0.556. The molecule has 0 fully saturated rings. The molecule has 0 heterocycles. The molecule has 3 rings (SSSR count). The predicted octanol–water partition coefficient (Wildman–Crippen LogP) is -2.68. The van der Waals surface area contributed by atoms with Gasteiger partial charge in [0.1, 0.15) is 0 Å². The summed E-state index contributed by atoms with van der Waals surface area (Å²) in [5, 5.41) is 3.42. The molecule has 0 spiro atoms. The third-order valence-corrected chi connectivity index (χ3v) is 12.4. The second-order valence-corrected chi connectivity index (χ2v) is 13.4. The van der Waals surface area contributed by atoms with Gasteiger partial charge in [-0.1, -0.05) is 0 Å². The van der Waals surface area contributed by atoms with Gasteiger partial charge in [0.15, 0.2) is 0 Å². The zero-order valence-electron chi connectivity index (χ0n) is 18.3. The standard InChI is InChI=1S/C24H31Si.3ClH.Ti/c1-7-8-13-25(6,23-18(3)14-17(2)15-19(23)4)24-20(5)16-21-11-9-10-12-22(21)24;;;;/h9-12,14-16H,7-8,13H2,1-6H3;3*1H;/q;;;;+3/p-3. The molecular weight excluding hydrogens is 471 g/mol. The fourth-order valence-electron chi connectivity index (χ4n) is 5.25. The number of fused-ring (bicyclic) bond motifs is 1. The van der Waals surface area contributed by atoms with Gasteiger partial charge in [0.05, 0.1) is 0 Å². The van der Waals surface area contributed by atoms with E-state index in [-0.39, 0.29) is 37.2 Å². The number of unbranched alkanes of at least 4 members (excludes halogenated alkanes) is 1. The second kappa shape index (κ2) is 11.6. The fourth-order valence-corrected chi connectivity index (χ4v) is 11.6. The van der Waals surface area contributed by atoms with Crippen molar-refractivity contribution in [2.45, 2.75) is 64.3 Å². The van der Waals surface area contributed by atoms with Crippen molar-refractivity contribution in [3.05, 3.63) is 69.8 Å². The Bertz CT molecular complexity index is 855. The average molecular weight is 502 g/mol. The molecule has 29 heavy (non-hydrogen) atoms. The summed E-state index contributed by atoms with van der Waals surface area (Å²) in [4.78, 5) is 0. The molecule has 0 amide bonds. The van der Waals surface area contributed by atoms with E-state index in [2.05, 4.69) is 98.0 Å². The SMILES string of the molecule is CCCC[Si](C)(C1=C(C)[CH]([Ti+3])c2ccccc21)c1c(C)cc(C)cc1C.[Cl-].[Cl-].[Cl-]. The van der Waals surface area contributed by atoms with Crippen LogP contribution in [-0.4, -0.2) is 8.07 Å². The van der Waals surface area contributed by atoms with Crippen LogP contribution in [0.15, 0.2) is 42.0 Å². The maximum Gasteiger partial charge on any atom is -1.00 e. The number of aryl methyl sites for hydroxylation is 3. The first-order valence-corrected chi connectivity index (χ1v) is 13.5. The molecule has 2 aromatic rings. The summed E-state index contributed by atoms with van der Waals surface area (Å²) in [5.41, 5.74) is 9.10. The van der Waals surface area contributed by atoms with E-state index in [1.165, 1.54) is 41.1 Å². The predicted molar refractivity (Wildman–Crippen MR) is 113 cm³/mol. The number of hydrogen-bond donors (Lipinski definition) is 0. The summed E-state index contributed by atoms with van der Waals surface area (Å²) in [5.74, 6) is 0. The van der Waals surface area contributed by atoms with Crippen LogP contribution in [0.1, 0.15) is 58.7 Å². The fraction of sp³-hybridized carbons (Fsp3) is 0.417. The molecule has 0 saturated heterocycles. The van der Waals surface area contributed by atoms with Gasteiger partial charge >= 0.3 is 173 Å². The smallest absolute Gasteiger partial charge is 1.00 e. The van der Waals surface area contributed by atoms with Crippen LogP contribution in [0, 0.1) is 20.8 Å². The van der Waals surface area contributed by atoms with E-state index >= 15 is 0 Å². The summed E-state index contributed by atoms with van der Waals surface area (Å²) in [6.45, 7) is 14.3. The third-order valence-electron chi connectivity index (χ3n) is 6.18. The van der Waals surface area contributed by atoms with Crippen molar-refractivity contribution in [3.8, 4) is 0 Å². The Morgan fingerprint density at radius 2 is 1.48 bits per heavy atom. The van der Waals surface area contributed by atoms with Crippen molar-refractivity contribution in [1.82, 2.24) is 0 Å². The van der Waals surface area contributed by atoms with Crippen molar-refractivity contribution in [3.63, 3.8) is 0 Å². The molecule has 2 unspecified atom stereocenters. The van der Waals surface area contributed by atoms with Crippen molar-refractivity contribution in [2.24, 2.45) is 0 Å². The van der Waals surface area contributed by atoms with Crippen LogP contribution in [-0.2, 0) is 20.4 Å². The Morgan fingerprint density at radius 3 is 2.03 bits per heavy atom. The third kappa shape index (κ3) is 5.25. The van der Waals surface area contributed by atoms with Crippen LogP contribution in [0.2, 0.25) is 12.6 Å². The molecule has 156 valence electrons. The van der Waals surface area contributed by atoms with Crippen LogP contribution in [0.3, 0.4) is 0 Å². The molecule has 1 aliphatic rings. The van der Waals surface area contributed by atoms with Crippen LogP contribution in [0.25, 0.3) is 5.20 Å². The largest absolute Gasteiger partial charge is 1.00 e. The molecular formula is C24H31Cl3SiTi. The molecule has 0 aromatic heterocycles. The van der Waals surface area contributed by atoms with E-state index in [1.54, 1.807) is 21.5 Å². The van der Waals surface area contributed by atoms with Gasteiger partial charge in [-0.25, -0.2) is 0 Å². The Labute approximate surface area is 209 Å². The van der Waals surface area contributed by atoms with Gasteiger partial charge in [-0.2, -0.15) is 0 Å². The van der Waals surface area contributed by atoms with Gasteiger partial charge in [0.2, 0.25) is 0 Å². The van der Waals surface area contributed by atoms with E-state index in [0.29, 0.717) is 4.22 Å². The zero-order valence-corrected chi connectivity index (χ0v) is 23.1. The number of benzene rings is 2. The van der Waals surface area contributed by atoms with Crippen LogP contribution < -0.4 is 42.4 Å². The van der Waals surface area contributed by atoms with Crippen molar-refractivity contribution < 1.29 is 57.7 Å². The number of hydrogen-bond acceptors (Lipinski definition) is 0. The Morgan fingerprint density at radius 1 is 0.931 bits per heavy atom. The quantitative estimate of drug-likeness (QED) is 0.392. The molecule has 2 atom stereocenters. The van der Waals surface area contributed by atoms with Crippen molar-refractivity contribution in [1.29, 1.82) is 0 Å². The van der Waals surface area contributed by atoms with Crippen molar-refractivity contribution >= 4 is 18.5 Å². The van der Waals surface area contributed by atoms with Crippen LogP contribution in [0.4, 0.5) is 0 Å². The van der Waals surface area contributed by atoms with Gasteiger partial charge in [-0.3, -0.25) is 0 Å². The minimum Gasteiger partial charge on any atom is -1.00 e. The van der Waals surface area contributed by atoms with Gasteiger partial charge in [-0.05, 0) is 0 Å². The monoisotopic (exact) mass is 500 g/mol. The molecule has 2 aromatic carbocycles. The van der Waals surface area contributed by atoms with Crippen molar-refractivity contribution in [2.75, 3.05) is 0 Å². The van der Waals surface area contributed by atoms with Gasteiger partial charge < -0.3 is 37.2 Å².